The quantitative estimate of drug-likeness (QED) is 0.0688. The summed E-state index contributed by atoms with van der Waals surface area (Å²) in [6.45, 7) is 1.47. The molecule has 2 aromatic carbocycles. The standard InChI is InChI=1S/C32H27Cl2F3N8OS/c1-39-31(41-19-38)40-18-24-28(30(46)43-44-15-3-2-4-16-44)42-45(26-13-10-22(33)17-25(26)34)29(24)27-14-12-23(47-27)11-7-20-5-8-21(9-6-20)32(35,36)37/h5-6,8-10,12-14,17H,2-4,15-16,18H2,1H3,(H,43,46)(H2,39,40,41). The van der Waals surface area contributed by atoms with Crippen molar-refractivity contribution in [2.24, 2.45) is 4.99 Å². The first-order valence-electron chi connectivity index (χ1n) is 14.4. The Hall–Kier alpha value is -4.53. The highest BCUT2D eigenvalue weighted by Gasteiger charge is 2.30. The van der Waals surface area contributed by atoms with E-state index in [4.69, 9.17) is 33.6 Å². The molecular weight excluding hydrogens is 672 g/mol. The lowest BCUT2D eigenvalue weighted by Crippen LogP contribution is -2.45. The maximum Gasteiger partial charge on any atom is 0.416 e. The van der Waals surface area contributed by atoms with Crippen LogP contribution in [0.15, 0.2) is 59.6 Å². The van der Waals surface area contributed by atoms with Crippen LogP contribution in [-0.4, -0.2) is 46.8 Å². The van der Waals surface area contributed by atoms with Gasteiger partial charge in [0.1, 0.15) is 0 Å². The van der Waals surface area contributed by atoms with E-state index in [2.05, 4.69) is 32.9 Å². The number of hydrazine groups is 1. The molecule has 1 amide bonds. The number of benzene rings is 2. The number of carbonyl (C=O) groups excluding carboxylic acids is 1. The van der Waals surface area contributed by atoms with Gasteiger partial charge in [-0.3, -0.25) is 20.5 Å². The Balaban J connectivity index is 1.60. The molecule has 0 unspecified atom stereocenters. The summed E-state index contributed by atoms with van der Waals surface area (Å²) in [7, 11) is 1.51. The van der Waals surface area contributed by atoms with Crippen LogP contribution in [0.3, 0.4) is 0 Å². The Bertz CT molecular complexity index is 1900. The lowest BCUT2D eigenvalue weighted by Gasteiger charge is -2.26. The molecule has 1 aliphatic rings. The molecule has 0 radical (unpaired) electrons. The van der Waals surface area contributed by atoms with Crippen molar-refractivity contribution in [3.05, 3.63) is 91.9 Å². The third kappa shape index (κ3) is 8.25. The molecule has 1 saturated heterocycles. The summed E-state index contributed by atoms with van der Waals surface area (Å²) in [5.41, 5.74) is 4.27. The number of piperidine rings is 1. The van der Waals surface area contributed by atoms with Gasteiger partial charge in [0.15, 0.2) is 11.9 Å². The number of carbonyl (C=O) groups is 1. The van der Waals surface area contributed by atoms with Crippen molar-refractivity contribution < 1.29 is 18.0 Å². The second-order valence-electron chi connectivity index (χ2n) is 10.3. The monoisotopic (exact) mass is 698 g/mol. The average Bonchev–Trinajstić information content (AvgIpc) is 3.67. The van der Waals surface area contributed by atoms with Crippen LogP contribution in [0.2, 0.25) is 10.0 Å². The van der Waals surface area contributed by atoms with Crippen LogP contribution >= 0.6 is 34.5 Å². The van der Waals surface area contributed by atoms with Crippen LogP contribution in [0.4, 0.5) is 13.2 Å². The van der Waals surface area contributed by atoms with Gasteiger partial charge < -0.3 is 5.32 Å². The van der Waals surface area contributed by atoms with Gasteiger partial charge in [0, 0.05) is 42.8 Å². The fraction of sp³-hybridized carbons (Fsp3) is 0.250. The number of thiophene rings is 1. The smallest absolute Gasteiger partial charge is 0.351 e. The molecule has 3 heterocycles. The van der Waals surface area contributed by atoms with Crippen molar-refractivity contribution >= 4 is 46.4 Å². The van der Waals surface area contributed by atoms with Gasteiger partial charge in [0.25, 0.3) is 5.91 Å². The van der Waals surface area contributed by atoms with Crippen molar-refractivity contribution in [2.75, 3.05) is 20.1 Å². The van der Waals surface area contributed by atoms with Gasteiger partial charge >= 0.3 is 6.18 Å². The molecule has 1 aliphatic heterocycles. The van der Waals surface area contributed by atoms with Crippen LogP contribution in [0, 0.1) is 23.3 Å². The molecule has 0 spiro atoms. The number of halogens is 5. The minimum atomic E-state index is -4.44. The Morgan fingerprint density at radius 2 is 1.81 bits per heavy atom. The van der Waals surface area contributed by atoms with Crippen LogP contribution in [0.1, 0.15) is 51.3 Å². The highest BCUT2D eigenvalue weighted by molar-refractivity contribution is 7.16. The molecule has 0 bridgehead atoms. The van der Waals surface area contributed by atoms with Gasteiger partial charge in [-0.15, -0.1) is 11.3 Å². The second kappa shape index (κ2) is 14.9. The highest BCUT2D eigenvalue weighted by Crippen LogP contribution is 2.37. The second-order valence-corrected chi connectivity index (χ2v) is 12.3. The molecule has 0 atom stereocenters. The predicted molar refractivity (Wildman–Crippen MR) is 176 cm³/mol. The third-order valence-corrected chi connectivity index (χ3v) is 8.71. The van der Waals surface area contributed by atoms with E-state index in [0.29, 0.717) is 55.4 Å². The fourth-order valence-electron chi connectivity index (χ4n) is 4.90. The van der Waals surface area contributed by atoms with Gasteiger partial charge in [-0.2, -0.15) is 23.5 Å². The number of aliphatic imine (C=N–C) groups is 1. The third-order valence-electron chi connectivity index (χ3n) is 7.16. The summed E-state index contributed by atoms with van der Waals surface area (Å²) in [6, 6.07) is 13.1. The maximum absolute atomic E-state index is 13.8. The molecule has 4 aromatic rings. The SMILES string of the molecule is CN=C(NC#N)NCc1c(C(=O)NN2CCCCC2)nn(-c2ccc(Cl)cc2Cl)c1-c1ccc(C#Cc2ccc(C(F)(F)F)cc2)s1. The minimum Gasteiger partial charge on any atom is -0.351 e. The number of nitrogens with zero attached hydrogens (tertiary/aromatic N) is 5. The van der Waals surface area contributed by atoms with E-state index in [0.717, 1.165) is 31.4 Å². The van der Waals surface area contributed by atoms with Crippen molar-refractivity contribution in [1.82, 2.24) is 30.8 Å². The molecule has 1 fully saturated rings. The van der Waals surface area contributed by atoms with E-state index < -0.39 is 17.6 Å². The average molecular weight is 700 g/mol. The number of nitrogens with one attached hydrogen (secondary N) is 3. The number of guanidine groups is 1. The molecule has 15 heteroatoms. The van der Waals surface area contributed by atoms with Gasteiger partial charge in [0.2, 0.25) is 5.96 Å². The highest BCUT2D eigenvalue weighted by atomic mass is 35.5. The van der Waals surface area contributed by atoms with Crippen LogP contribution in [0.5, 0.6) is 0 Å². The lowest BCUT2D eigenvalue weighted by atomic mass is 10.1. The molecule has 47 heavy (non-hydrogen) atoms. The topological polar surface area (TPSA) is 110 Å². The number of hydrogen-bond acceptors (Lipinski definition) is 6. The Kier molecular flexibility index (Phi) is 10.7. The molecule has 5 rings (SSSR count). The molecular formula is C32H27Cl2F3N8OS. The number of nitriles is 1. The van der Waals surface area contributed by atoms with E-state index in [1.807, 2.05) is 17.3 Å². The first-order valence-corrected chi connectivity index (χ1v) is 15.9. The zero-order chi connectivity index (χ0) is 33.6. The Morgan fingerprint density at radius 1 is 1.06 bits per heavy atom. The summed E-state index contributed by atoms with van der Waals surface area (Å²) >= 11 is 14.2. The summed E-state index contributed by atoms with van der Waals surface area (Å²) < 4.78 is 40.5. The van der Waals surface area contributed by atoms with Crippen LogP contribution < -0.4 is 16.1 Å². The van der Waals surface area contributed by atoms with Crippen LogP contribution in [0.25, 0.3) is 16.3 Å². The molecule has 0 aliphatic carbocycles. The van der Waals surface area contributed by atoms with Gasteiger partial charge in [-0.25, -0.2) is 9.69 Å². The summed E-state index contributed by atoms with van der Waals surface area (Å²) in [5.74, 6) is 5.69. The van der Waals surface area contributed by atoms with E-state index >= 15 is 0 Å². The molecule has 9 nitrogen and oxygen atoms in total. The Morgan fingerprint density at radius 3 is 2.47 bits per heavy atom. The first-order chi connectivity index (χ1) is 22.6. The lowest BCUT2D eigenvalue weighted by molar-refractivity contribution is -0.137. The van der Waals surface area contributed by atoms with E-state index in [1.165, 1.54) is 30.5 Å². The largest absolute Gasteiger partial charge is 0.416 e. The number of hydrogen-bond donors (Lipinski definition) is 3. The summed E-state index contributed by atoms with van der Waals surface area (Å²) in [6.07, 6.45) is 0.389. The van der Waals surface area contributed by atoms with Gasteiger partial charge in [-0.1, -0.05) is 41.5 Å². The molecule has 2 aromatic heterocycles. The minimum absolute atomic E-state index is 0.0507. The number of alkyl halides is 3. The van der Waals surface area contributed by atoms with E-state index in [1.54, 1.807) is 28.9 Å². The zero-order valence-electron chi connectivity index (χ0n) is 24.9. The number of amides is 1. The number of rotatable bonds is 6. The van der Waals surface area contributed by atoms with Crippen molar-refractivity contribution in [3.63, 3.8) is 0 Å². The van der Waals surface area contributed by atoms with E-state index in [9.17, 15) is 18.0 Å². The summed E-state index contributed by atoms with van der Waals surface area (Å²) in [5, 5.41) is 22.0. The molecule has 242 valence electrons. The van der Waals surface area contributed by atoms with Crippen molar-refractivity contribution in [1.29, 1.82) is 5.26 Å². The van der Waals surface area contributed by atoms with Crippen molar-refractivity contribution in [2.45, 2.75) is 32.0 Å². The number of aromatic nitrogens is 2. The van der Waals surface area contributed by atoms with Crippen LogP contribution in [-0.2, 0) is 12.7 Å². The first kappa shape index (κ1) is 33.8. The summed E-state index contributed by atoms with van der Waals surface area (Å²) in [4.78, 5) is 19.1. The predicted octanol–water partition coefficient (Wildman–Crippen LogP) is 6.60. The Labute approximate surface area is 283 Å². The molecule has 0 saturated carbocycles. The maximum atomic E-state index is 13.8. The van der Waals surface area contributed by atoms with Gasteiger partial charge in [-0.05, 0) is 67.4 Å². The fourth-order valence-corrected chi connectivity index (χ4v) is 6.30. The zero-order valence-corrected chi connectivity index (χ0v) is 27.2. The van der Waals surface area contributed by atoms with E-state index in [-0.39, 0.29) is 18.2 Å². The molecule has 3 N–H and O–H groups in total. The van der Waals surface area contributed by atoms with Gasteiger partial charge in [0.05, 0.1) is 31.7 Å². The normalized spacial score (nSPS) is 13.8. The van der Waals surface area contributed by atoms with Crippen molar-refractivity contribution in [3.8, 4) is 34.3 Å².